The molecular formula is C13H19NO3. The lowest BCUT2D eigenvalue weighted by atomic mass is 9.94. The summed E-state index contributed by atoms with van der Waals surface area (Å²) >= 11 is 0. The molecule has 0 aliphatic heterocycles. The highest BCUT2D eigenvalue weighted by Gasteiger charge is 2.17. The third kappa shape index (κ3) is 4.54. The van der Waals surface area contributed by atoms with Crippen molar-refractivity contribution in [3.05, 3.63) is 35.4 Å². The molecule has 0 radical (unpaired) electrons. The number of aliphatic hydroxyl groups excluding tert-OH is 1. The van der Waals surface area contributed by atoms with Crippen LogP contribution in [-0.4, -0.2) is 22.7 Å². The number of aliphatic hydroxyl groups is 1. The van der Waals surface area contributed by atoms with Gasteiger partial charge in [-0.25, -0.2) is 0 Å². The topological polar surface area (TPSA) is 83.5 Å². The Balaban J connectivity index is 2.61. The van der Waals surface area contributed by atoms with Gasteiger partial charge in [0.25, 0.3) is 0 Å². The van der Waals surface area contributed by atoms with Gasteiger partial charge in [-0.3, -0.25) is 4.79 Å². The van der Waals surface area contributed by atoms with Crippen LogP contribution in [0.4, 0.5) is 0 Å². The van der Waals surface area contributed by atoms with Crippen molar-refractivity contribution in [1.82, 2.24) is 0 Å². The summed E-state index contributed by atoms with van der Waals surface area (Å²) in [4.78, 5) is 11.1. The van der Waals surface area contributed by atoms with Crippen LogP contribution >= 0.6 is 0 Å². The highest BCUT2D eigenvalue weighted by molar-refractivity contribution is 5.70. The number of carbonyl (C=O) groups is 1. The third-order valence-electron chi connectivity index (χ3n) is 2.79. The summed E-state index contributed by atoms with van der Waals surface area (Å²) in [5, 5.41) is 18.0. The number of aliphatic carboxylic acids is 1. The average Bonchev–Trinajstić information content (AvgIpc) is 2.35. The van der Waals surface area contributed by atoms with Gasteiger partial charge < -0.3 is 15.9 Å². The third-order valence-corrected chi connectivity index (χ3v) is 2.79. The van der Waals surface area contributed by atoms with E-state index in [4.69, 9.17) is 15.9 Å². The maximum atomic E-state index is 11.1. The molecule has 1 atom stereocenters. The molecule has 1 aromatic rings. The average molecular weight is 237 g/mol. The molecule has 4 heteroatoms. The maximum Gasteiger partial charge on any atom is 0.306 e. The SMILES string of the molecule is NCCCC(Cc1ccc(CO)cc1)C(=O)O. The monoisotopic (exact) mass is 237 g/mol. The van der Waals surface area contributed by atoms with Crippen molar-refractivity contribution in [2.45, 2.75) is 25.9 Å². The van der Waals surface area contributed by atoms with E-state index in [1.54, 1.807) is 0 Å². The Morgan fingerprint density at radius 2 is 1.82 bits per heavy atom. The molecule has 4 nitrogen and oxygen atoms in total. The molecule has 1 unspecified atom stereocenters. The van der Waals surface area contributed by atoms with Gasteiger partial charge >= 0.3 is 5.97 Å². The van der Waals surface area contributed by atoms with Crippen LogP contribution in [0.1, 0.15) is 24.0 Å². The molecule has 0 saturated heterocycles. The van der Waals surface area contributed by atoms with E-state index in [2.05, 4.69) is 0 Å². The molecule has 0 bridgehead atoms. The van der Waals surface area contributed by atoms with Crippen molar-refractivity contribution in [3.63, 3.8) is 0 Å². The van der Waals surface area contributed by atoms with E-state index in [9.17, 15) is 4.79 Å². The zero-order valence-electron chi connectivity index (χ0n) is 9.80. The number of rotatable bonds is 7. The first kappa shape index (κ1) is 13.7. The lowest BCUT2D eigenvalue weighted by Gasteiger charge is -2.11. The van der Waals surface area contributed by atoms with Crippen molar-refractivity contribution in [3.8, 4) is 0 Å². The number of hydrogen-bond donors (Lipinski definition) is 3. The molecular weight excluding hydrogens is 218 g/mol. The predicted octanol–water partition coefficient (Wildman–Crippen LogP) is 1.16. The molecule has 0 heterocycles. The van der Waals surface area contributed by atoms with Gasteiger partial charge in [0.1, 0.15) is 0 Å². The summed E-state index contributed by atoms with van der Waals surface area (Å²) in [5.41, 5.74) is 7.20. The van der Waals surface area contributed by atoms with Crippen molar-refractivity contribution < 1.29 is 15.0 Å². The van der Waals surface area contributed by atoms with E-state index < -0.39 is 5.97 Å². The van der Waals surface area contributed by atoms with E-state index in [-0.39, 0.29) is 12.5 Å². The van der Waals surface area contributed by atoms with Crippen LogP contribution in [0.15, 0.2) is 24.3 Å². The Labute approximate surface area is 101 Å². The second kappa shape index (κ2) is 7.04. The zero-order valence-corrected chi connectivity index (χ0v) is 9.80. The Hall–Kier alpha value is -1.39. The van der Waals surface area contributed by atoms with Crippen LogP contribution in [0.25, 0.3) is 0 Å². The van der Waals surface area contributed by atoms with E-state index in [0.29, 0.717) is 19.4 Å². The number of carboxylic acids is 1. The largest absolute Gasteiger partial charge is 0.481 e. The summed E-state index contributed by atoms with van der Waals surface area (Å²) in [5.74, 6) is -1.15. The minimum Gasteiger partial charge on any atom is -0.481 e. The van der Waals surface area contributed by atoms with Crippen molar-refractivity contribution >= 4 is 5.97 Å². The summed E-state index contributed by atoms with van der Waals surface area (Å²) < 4.78 is 0. The molecule has 0 fully saturated rings. The summed E-state index contributed by atoms with van der Waals surface area (Å²) in [6.07, 6.45) is 1.85. The van der Waals surface area contributed by atoms with E-state index in [1.807, 2.05) is 24.3 Å². The molecule has 4 N–H and O–H groups in total. The molecule has 0 saturated carbocycles. The van der Waals surface area contributed by atoms with Gasteiger partial charge in [-0.1, -0.05) is 24.3 Å². The zero-order chi connectivity index (χ0) is 12.7. The van der Waals surface area contributed by atoms with Crippen LogP contribution in [0.2, 0.25) is 0 Å². The molecule has 1 aromatic carbocycles. The molecule has 17 heavy (non-hydrogen) atoms. The first-order valence-electron chi connectivity index (χ1n) is 5.79. The first-order chi connectivity index (χ1) is 8.17. The quantitative estimate of drug-likeness (QED) is 0.664. The van der Waals surface area contributed by atoms with Crippen molar-refractivity contribution in [2.24, 2.45) is 11.7 Å². The van der Waals surface area contributed by atoms with Gasteiger partial charge in [-0.05, 0) is 36.9 Å². The first-order valence-corrected chi connectivity index (χ1v) is 5.79. The van der Waals surface area contributed by atoms with Gasteiger partial charge in [-0.2, -0.15) is 0 Å². The Kier molecular flexibility index (Phi) is 5.66. The van der Waals surface area contributed by atoms with Crippen LogP contribution in [0.5, 0.6) is 0 Å². The molecule has 0 spiro atoms. The number of carboxylic acid groups (broad SMARTS) is 1. The Morgan fingerprint density at radius 1 is 1.24 bits per heavy atom. The van der Waals surface area contributed by atoms with E-state index in [0.717, 1.165) is 17.5 Å². The van der Waals surface area contributed by atoms with Crippen molar-refractivity contribution in [2.75, 3.05) is 6.54 Å². The summed E-state index contributed by atoms with van der Waals surface area (Å²) in [6.45, 7) is 0.531. The minimum absolute atomic E-state index is 0.00973. The van der Waals surface area contributed by atoms with E-state index >= 15 is 0 Å². The molecule has 0 aliphatic carbocycles. The normalized spacial score (nSPS) is 12.4. The number of benzene rings is 1. The molecule has 0 amide bonds. The fourth-order valence-corrected chi connectivity index (χ4v) is 1.74. The fourth-order valence-electron chi connectivity index (χ4n) is 1.74. The van der Waals surface area contributed by atoms with Gasteiger partial charge in [-0.15, -0.1) is 0 Å². The van der Waals surface area contributed by atoms with Crippen LogP contribution < -0.4 is 5.73 Å². The summed E-state index contributed by atoms with van der Waals surface area (Å²) in [7, 11) is 0. The smallest absolute Gasteiger partial charge is 0.306 e. The second-order valence-electron chi connectivity index (χ2n) is 4.14. The van der Waals surface area contributed by atoms with Gasteiger partial charge in [0.2, 0.25) is 0 Å². The minimum atomic E-state index is -0.773. The highest BCUT2D eigenvalue weighted by Crippen LogP contribution is 2.15. The van der Waals surface area contributed by atoms with Gasteiger partial charge in [0.05, 0.1) is 12.5 Å². The van der Waals surface area contributed by atoms with Crippen LogP contribution in [-0.2, 0) is 17.8 Å². The number of nitrogens with two attached hydrogens (primary N) is 1. The molecule has 1 rings (SSSR count). The second-order valence-corrected chi connectivity index (χ2v) is 4.14. The summed E-state index contributed by atoms with van der Waals surface area (Å²) in [6, 6.07) is 7.36. The predicted molar refractivity (Wildman–Crippen MR) is 65.5 cm³/mol. The number of hydrogen-bond acceptors (Lipinski definition) is 3. The van der Waals surface area contributed by atoms with Gasteiger partial charge in [0.15, 0.2) is 0 Å². The van der Waals surface area contributed by atoms with E-state index in [1.165, 1.54) is 0 Å². The standard InChI is InChI=1S/C13H19NO3/c14-7-1-2-12(13(16)17)8-10-3-5-11(9-15)6-4-10/h3-6,12,15H,1-2,7-9,14H2,(H,16,17). The molecule has 0 aromatic heterocycles. The molecule has 94 valence electrons. The fraction of sp³-hybridized carbons (Fsp3) is 0.462. The lowest BCUT2D eigenvalue weighted by Crippen LogP contribution is -2.18. The lowest BCUT2D eigenvalue weighted by molar-refractivity contribution is -0.141. The van der Waals surface area contributed by atoms with Gasteiger partial charge in [0, 0.05) is 0 Å². The highest BCUT2D eigenvalue weighted by atomic mass is 16.4. The Morgan fingerprint density at radius 3 is 2.29 bits per heavy atom. The maximum absolute atomic E-state index is 11.1. The Bertz CT molecular complexity index is 348. The van der Waals surface area contributed by atoms with Crippen molar-refractivity contribution in [1.29, 1.82) is 0 Å². The van der Waals surface area contributed by atoms with Crippen LogP contribution in [0.3, 0.4) is 0 Å². The molecule has 0 aliphatic rings. The van der Waals surface area contributed by atoms with Crippen LogP contribution in [0, 0.1) is 5.92 Å².